The lowest BCUT2D eigenvalue weighted by molar-refractivity contribution is 0.0585. The van der Waals surface area contributed by atoms with Crippen molar-refractivity contribution < 1.29 is 9.53 Å². The van der Waals surface area contributed by atoms with Crippen LogP contribution in [0.2, 0.25) is 0 Å². The summed E-state index contributed by atoms with van der Waals surface area (Å²) in [7, 11) is 3.72. The van der Waals surface area contributed by atoms with Gasteiger partial charge in [-0.2, -0.15) is 5.10 Å². The molecule has 0 aliphatic carbocycles. The molecule has 1 aromatic rings. The van der Waals surface area contributed by atoms with Crippen molar-refractivity contribution in [3.05, 3.63) is 18.0 Å². The van der Waals surface area contributed by atoms with E-state index in [4.69, 9.17) is 4.74 Å². The van der Waals surface area contributed by atoms with E-state index in [0.29, 0.717) is 5.92 Å². The fraction of sp³-hybridized carbons (Fsp3) is 0.714. The van der Waals surface area contributed by atoms with E-state index in [1.54, 1.807) is 15.8 Å². The van der Waals surface area contributed by atoms with E-state index in [2.05, 4.69) is 10.4 Å². The minimum Gasteiger partial charge on any atom is -0.381 e. The number of hydrogen-bond acceptors (Lipinski definition) is 3. The van der Waals surface area contributed by atoms with E-state index in [1.807, 2.05) is 27.2 Å². The lowest BCUT2D eigenvalue weighted by Crippen LogP contribution is -2.41. The van der Waals surface area contributed by atoms with Crippen LogP contribution in [0.3, 0.4) is 0 Å². The molecule has 2 amide bonds. The van der Waals surface area contributed by atoms with Crippen molar-refractivity contribution in [1.29, 1.82) is 0 Å². The summed E-state index contributed by atoms with van der Waals surface area (Å²) in [5.74, 6) is 0.549. The summed E-state index contributed by atoms with van der Waals surface area (Å²) in [6.45, 7) is 4.38. The molecule has 0 aromatic carbocycles. The van der Waals surface area contributed by atoms with Gasteiger partial charge in [0.25, 0.3) is 0 Å². The number of carbonyl (C=O) groups excluding carboxylic acids is 1. The van der Waals surface area contributed by atoms with Gasteiger partial charge >= 0.3 is 6.03 Å². The molecule has 0 saturated carbocycles. The van der Waals surface area contributed by atoms with Gasteiger partial charge in [-0.3, -0.25) is 4.68 Å². The molecule has 1 aliphatic heterocycles. The highest BCUT2D eigenvalue weighted by atomic mass is 16.5. The van der Waals surface area contributed by atoms with Crippen LogP contribution in [-0.4, -0.2) is 47.5 Å². The molecular weight excluding hydrogens is 256 g/mol. The topological polar surface area (TPSA) is 59.4 Å². The van der Waals surface area contributed by atoms with Crippen molar-refractivity contribution in [3.63, 3.8) is 0 Å². The Balaban J connectivity index is 1.81. The van der Waals surface area contributed by atoms with Gasteiger partial charge in [0, 0.05) is 45.6 Å². The first-order valence-corrected chi connectivity index (χ1v) is 7.14. The highest BCUT2D eigenvalue weighted by Crippen LogP contribution is 2.16. The molecule has 6 nitrogen and oxygen atoms in total. The summed E-state index contributed by atoms with van der Waals surface area (Å²) in [6, 6.07) is -0.0683. The van der Waals surface area contributed by atoms with E-state index in [-0.39, 0.29) is 12.1 Å². The number of rotatable bonds is 4. The van der Waals surface area contributed by atoms with E-state index in [9.17, 15) is 4.79 Å². The van der Waals surface area contributed by atoms with Gasteiger partial charge in [0.15, 0.2) is 0 Å². The molecule has 1 unspecified atom stereocenters. The maximum atomic E-state index is 12.2. The summed E-state index contributed by atoms with van der Waals surface area (Å²) in [5, 5.41) is 7.12. The summed E-state index contributed by atoms with van der Waals surface area (Å²) < 4.78 is 7.08. The van der Waals surface area contributed by atoms with E-state index in [0.717, 1.165) is 38.2 Å². The van der Waals surface area contributed by atoms with Crippen molar-refractivity contribution in [2.24, 2.45) is 13.0 Å². The van der Waals surface area contributed by atoms with E-state index in [1.165, 1.54) is 0 Å². The second-order valence-electron chi connectivity index (χ2n) is 5.55. The van der Waals surface area contributed by atoms with Crippen LogP contribution in [0.25, 0.3) is 0 Å². The smallest absolute Gasteiger partial charge is 0.317 e. The molecule has 0 bridgehead atoms. The Bertz CT molecular complexity index is 440. The molecule has 1 aromatic heterocycles. The highest BCUT2D eigenvalue weighted by Gasteiger charge is 2.20. The van der Waals surface area contributed by atoms with Gasteiger partial charge in [-0.25, -0.2) is 4.79 Å². The van der Waals surface area contributed by atoms with Gasteiger partial charge in [0.1, 0.15) is 0 Å². The molecule has 1 saturated heterocycles. The van der Waals surface area contributed by atoms with Crippen molar-refractivity contribution in [2.45, 2.75) is 25.8 Å². The van der Waals surface area contributed by atoms with Gasteiger partial charge in [-0.1, -0.05) is 0 Å². The van der Waals surface area contributed by atoms with Crippen molar-refractivity contribution in [1.82, 2.24) is 20.0 Å². The van der Waals surface area contributed by atoms with Gasteiger partial charge in [-0.15, -0.1) is 0 Å². The summed E-state index contributed by atoms with van der Waals surface area (Å²) in [5.41, 5.74) is 1.01. The van der Waals surface area contributed by atoms with Crippen LogP contribution < -0.4 is 5.32 Å². The first kappa shape index (κ1) is 14.8. The zero-order valence-corrected chi connectivity index (χ0v) is 12.5. The summed E-state index contributed by atoms with van der Waals surface area (Å²) >= 11 is 0. The molecule has 1 N–H and O–H groups in total. The minimum atomic E-state index is -0.0344. The highest BCUT2D eigenvalue weighted by molar-refractivity contribution is 5.74. The van der Waals surface area contributed by atoms with Gasteiger partial charge in [-0.05, 0) is 25.7 Å². The Hall–Kier alpha value is -1.56. The van der Waals surface area contributed by atoms with Crippen LogP contribution in [0.1, 0.15) is 31.4 Å². The fourth-order valence-electron chi connectivity index (χ4n) is 2.44. The molecular formula is C14H24N4O2. The third-order valence-electron chi connectivity index (χ3n) is 3.78. The van der Waals surface area contributed by atoms with Gasteiger partial charge in [0.2, 0.25) is 0 Å². The Morgan fingerprint density at radius 3 is 2.90 bits per heavy atom. The molecule has 1 fully saturated rings. The molecule has 6 heteroatoms. The first-order valence-electron chi connectivity index (χ1n) is 7.14. The third-order valence-corrected chi connectivity index (χ3v) is 3.78. The SMILES string of the molecule is CC(NC(=O)N(C)CC1CCOCC1)c1cnn(C)c1. The summed E-state index contributed by atoms with van der Waals surface area (Å²) in [6.07, 6.45) is 5.78. The predicted octanol–water partition coefficient (Wildman–Crippen LogP) is 1.55. The molecule has 0 radical (unpaired) electrons. The fourth-order valence-corrected chi connectivity index (χ4v) is 2.44. The van der Waals surface area contributed by atoms with Crippen LogP contribution in [-0.2, 0) is 11.8 Å². The van der Waals surface area contributed by atoms with E-state index < -0.39 is 0 Å². The number of carbonyl (C=O) groups is 1. The molecule has 2 rings (SSSR count). The largest absolute Gasteiger partial charge is 0.381 e. The van der Waals surface area contributed by atoms with Crippen molar-refractivity contribution in [2.75, 3.05) is 26.8 Å². The van der Waals surface area contributed by atoms with Crippen LogP contribution in [0.15, 0.2) is 12.4 Å². The first-order chi connectivity index (χ1) is 9.56. The molecule has 1 aliphatic rings. The third kappa shape index (κ3) is 3.96. The lowest BCUT2D eigenvalue weighted by atomic mass is 10.00. The molecule has 2 heterocycles. The zero-order chi connectivity index (χ0) is 14.5. The number of aromatic nitrogens is 2. The standard InChI is InChI=1S/C14H24N4O2/c1-11(13-8-15-18(3)10-13)16-14(19)17(2)9-12-4-6-20-7-5-12/h8,10-12H,4-7,9H2,1-3H3,(H,16,19). The quantitative estimate of drug-likeness (QED) is 0.910. The second-order valence-corrected chi connectivity index (χ2v) is 5.55. The Kier molecular flexibility index (Phi) is 5.00. The Morgan fingerprint density at radius 1 is 1.60 bits per heavy atom. The van der Waals surface area contributed by atoms with Crippen LogP contribution >= 0.6 is 0 Å². The minimum absolute atomic E-state index is 0.0339. The predicted molar refractivity (Wildman–Crippen MR) is 76.3 cm³/mol. The average Bonchev–Trinajstić information content (AvgIpc) is 2.86. The number of nitrogens with one attached hydrogen (secondary N) is 1. The number of urea groups is 1. The number of amides is 2. The summed E-state index contributed by atoms with van der Waals surface area (Å²) in [4.78, 5) is 13.9. The maximum Gasteiger partial charge on any atom is 0.317 e. The molecule has 1 atom stereocenters. The van der Waals surface area contributed by atoms with Crippen LogP contribution in [0, 0.1) is 5.92 Å². The zero-order valence-electron chi connectivity index (χ0n) is 12.5. The van der Waals surface area contributed by atoms with Crippen molar-refractivity contribution in [3.8, 4) is 0 Å². The van der Waals surface area contributed by atoms with E-state index >= 15 is 0 Å². The maximum absolute atomic E-state index is 12.2. The van der Waals surface area contributed by atoms with Crippen LogP contribution in [0.5, 0.6) is 0 Å². The number of nitrogens with zero attached hydrogens (tertiary/aromatic N) is 3. The molecule has 112 valence electrons. The number of hydrogen-bond donors (Lipinski definition) is 1. The Morgan fingerprint density at radius 2 is 2.30 bits per heavy atom. The van der Waals surface area contributed by atoms with Gasteiger partial charge in [0.05, 0.1) is 12.2 Å². The molecule has 0 spiro atoms. The second kappa shape index (κ2) is 6.74. The van der Waals surface area contributed by atoms with Gasteiger partial charge < -0.3 is 15.0 Å². The van der Waals surface area contributed by atoms with Crippen LogP contribution in [0.4, 0.5) is 4.79 Å². The number of ether oxygens (including phenoxy) is 1. The lowest BCUT2D eigenvalue weighted by Gasteiger charge is -2.28. The number of aryl methyl sites for hydroxylation is 1. The normalized spacial score (nSPS) is 17.8. The Labute approximate surface area is 120 Å². The van der Waals surface area contributed by atoms with Crippen molar-refractivity contribution >= 4 is 6.03 Å². The monoisotopic (exact) mass is 280 g/mol. The molecule has 20 heavy (non-hydrogen) atoms. The average molecular weight is 280 g/mol.